The molecule has 0 saturated heterocycles. The van der Waals surface area contributed by atoms with E-state index in [1.54, 1.807) is 7.11 Å². The van der Waals surface area contributed by atoms with Crippen LogP contribution < -0.4 is 10.5 Å². The molecule has 1 aromatic carbocycles. The van der Waals surface area contributed by atoms with Gasteiger partial charge in [-0.1, -0.05) is 6.07 Å². The molecule has 2 N–H and O–H groups in total. The minimum atomic E-state index is 0.206. The molecule has 0 bridgehead atoms. The lowest BCUT2D eigenvalue weighted by molar-refractivity contribution is 0.379. The predicted octanol–water partition coefficient (Wildman–Crippen LogP) is 2.28. The maximum atomic E-state index is 6.10. The van der Waals surface area contributed by atoms with Crippen LogP contribution in [-0.2, 0) is 6.42 Å². The molecule has 4 heteroatoms. The molecule has 1 aromatic rings. The monoisotopic (exact) mass is 300 g/mol. The van der Waals surface area contributed by atoms with Crippen LogP contribution in [0.5, 0.6) is 5.75 Å². The van der Waals surface area contributed by atoms with Crippen molar-refractivity contribution < 1.29 is 4.74 Å². The van der Waals surface area contributed by atoms with E-state index in [0.717, 1.165) is 29.6 Å². The summed E-state index contributed by atoms with van der Waals surface area (Å²) in [6.07, 6.45) is 1.91. The third-order valence-corrected chi connectivity index (χ3v) is 3.28. The fourth-order valence-electron chi connectivity index (χ4n) is 1.67. The van der Waals surface area contributed by atoms with E-state index in [2.05, 4.69) is 47.1 Å². The second kappa shape index (κ2) is 6.99. The Labute approximate surface area is 112 Å². The van der Waals surface area contributed by atoms with Gasteiger partial charge in [-0.3, -0.25) is 0 Å². The average molecular weight is 301 g/mol. The summed E-state index contributed by atoms with van der Waals surface area (Å²) in [5.74, 6) is 0.857. The van der Waals surface area contributed by atoms with Crippen molar-refractivity contribution >= 4 is 15.9 Å². The third-order valence-electron chi connectivity index (χ3n) is 2.66. The Balaban J connectivity index is 2.53. The molecule has 0 aromatic heterocycles. The molecule has 17 heavy (non-hydrogen) atoms. The van der Waals surface area contributed by atoms with Gasteiger partial charge in [-0.2, -0.15) is 0 Å². The van der Waals surface area contributed by atoms with E-state index in [0.29, 0.717) is 0 Å². The Bertz CT molecular complexity index is 355. The Hall–Kier alpha value is -0.580. The highest BCUT2D eigenvalue weighted by Crippen LogP contribution is 2.25. The van der Waals surface area contributed by atoms with Crippen molar-refractivity contribution in [3.05, 3.63) is 28.2 Å². The molecule has 0 fully saturated rings. The Morgan fingerprint density at radius 2 is 2.12 bits per heavy atom. The van der Waals surface area contributed by atoms with Crippen molar-refractivity contribution in [2.75, 3.05) is 27.7 Å². The van der Waals surface area contributed by atoms with Crippen molar-refractivity contribution in [1.82, 2.24) is 4.90 Å². The second-order valence-electron chi connectivity index (χ2n) is 4.53. The first kappa shape index (κ1) is 14.5. The lowest BCUT2D eigenvalue weighted by Gasteiger charge is -2.15. The predicted molar refractivity (Wildman–Crippen MR) is 75.5 cm³/mol. The summed E-state index contributed by atoms with van der Waals surface area (Å²) >= 11 is 3.49. The Morgan fingerprint density at radius 1 is 1.41 bits per heavy atom. The largest absolute Gasteiger partial charge is 0.496 e. The van der Waals surface area contributed by atoms with Crippen molar-refractivity contribution in [3.8, 4) is 5.75 Å². The Kier molecular flexibility index (Phi) is 5.95. The first-order chi connectivity index (χ1) is 8.02. The van der Waals surface area contributed by atoms with Crippen LogP contribution in [0.4, 0.5) is 0 Å². The van der Waals surface area contributed by atoms with E-state index in [4.69, 9.17) is 10.5 Å². The first-order valence-electron chi connectivity index (χ1n) is 5.75. The number of nitrogens with zero attached hydrogens (tertiary/aromatic N) is 1. The van der Waals surface area contributed by atoms with Crippen LogP contribution in [-0.4, -0.2) is 38.7 Å². The number of hydrogen-bond acceptors (Lipinski definition) is 3. The highest BCUT2D eigenvalue weighted by molar-refractivity contribution is 9.10. The topological polar surface area (TPSA) is 38.5 Å². The molecule has 0 aliphatic rings. The molecular weight excluding hydrogens is 280 g/mol. The van der Waals surface area contributed by atoms with Gasteiger partial charge in [0, 0.05) is 6.04 Å². The van der Waals surface area contributed by atoms with Crippen LogP contribution in [0, 0.1) is 0 Å². The van der Waals surface area contributed by atoms with E-state index >= 15 is 0 Å². The SMILES string of the molecule is COc1ccc(CC(N)CCN(C)C)cc1Br. The van der Waals surface area contributed by atoms with Crippen molar-refractivity contribution in [2.24, 2.45) is 5.73 Å². The molecule has 0 saturated carbocycles. The van der Waals surface area contributed by atoms with Crippen LogP contribution in [0.1, 0.15) is 12.0 Å². The maximum Gasteiger partial charge on any atom is 0.133 e. The summed E-state index contributed by atoms with van der Waals surface area (Å²) in [5.41, 5.74) is 7.34. The summed E-state index contributed by atoms with van der Waals surface area (Å²) in [5, 5.41) is 0. The van der Waals surface area contributed by atoms with Crippen molar-refractivity contribution in [3.63, 3.8) is 0 Å². The van der Waals surface area contributed by atoms with Gasteiger partial charge < -0.3 is 15.4 Å². The van der Waals surface area contributed by atoms with E-state index in [1.807, 2.05) is 6.07 Å². The van der Waals surface area contributed by atoms with E-state index in [-0.39, 0.29) is 6.04 Å². The molecule has 3 nitrogen and oxygen atoms in total. The standard InChI is InChI=1S/C13H21BrN2O/c1-16(2)7-6-11(15)8-10-4-5-13(17-3)12(14)9-10/h4-5,9,11H,6-8,15H2,1-3H3. The van der Waals surface area contributed by atoms with Gasteiger partial charge in [-0.05, 0) is 67.1 Å². The molecule has 96 valence electrons. The Morgan fingerprint density at radius 3 is 2.65 bits per heavy atom. The molecule has 0 amide bonds. The molecule has 0 spiro atoms. The van der Waals surface area contributed by atoms with Gasteiger partial charge in [-0.25, -0.2) is 0 Å². The second-order valence-corrected chi connectivity index (χ2v) is 5.38. The first-order valence-corrected chi connectivity index (χ1v) is 6.55. The lowest BCUT2D eigenvalue weighted by atomic mass is 10.0. The van der Waals surface area contributed by atoms with Gasteiger partial charge in [0.05, 0.1) is 11.6 Å². The van der Waals surface area contributed by atoms with Crippen LogP contribution in [0.15, 0.2) is 22.7 Å². The van der Waals surface area contributed by atoms with Crippen LogP contribution >= 0.6 is 15.9 Å². The highest BCUT2D eigenvalue weighted by atomic mass is 79.9. The summed E-state index contributed by atoms with van der Waals surface area (Å²) in [6.45, 7) is 1.03. The van der Waals surface area contributed by atoms with Gasteiger partial charge in [0.1, 0.15) is 5.75 Å². The van der Waals surface area contributed by atoms with Gasteiger partial charge in [0.2, 0.25) is 0 Å². The average Bonchev–Trinajstić information content (AvgIpc) is 2.26. The fraction of sp³-hybridized carbons (Fsp3) is 0.538. The van der Waals surface area contributed by atoms with E-state index in [1.165, 1.54) is 5.56 Å². The highest BCUT2D eigenvalue weighted by Gasteiger charge is 2.07. The zero-order chi connectivity index (χ0) is 12.8. The fourth-order valence-corrected chi connectivity index (χ4v) is 2.25. The molecule has 1 rings (SSSR count). The summed E-state index contributed by atoms with van der Waals surface area (Å²) < 4.78 is 6.18. The van der Waals surface area contributed by atoms with Gasteiger partial charge >= 0.3 is 0 Å². The normalized spacial score (nSPS) is 12.8. The summed E-state index contributed by atoms with van der Waals surface area (Å²) in [6, 6.07) is 6.32. The van der Waals surface area contributed by atoms with Crippen molar-refractivity contribution in [1.29, 1.82) is 0 Å². The number of halogens is 1. The zero-order valence-corrected chi connectivity index (χ0v) is 12.3. The molecule has 0 aliphatic heterocycles. The molecule has 1 unspecified atom stereocenters. The molecular formula is C13H21BrN2O. The van der Waals surface area contributed by atoms with E-state index in [9.17, 15) is 0 Å². The number of nitrogens with two attached hydrogens (primary N) is 1. The molecule has 1 atom stereocenters. The van der Waals surface area contributed by atoms with Gasteiger partial charge in [-0.15, -0.1) is 0 Å². The number of benzene rings is 1. The van der Waals surface area contributed by atoms with Gasteiger partial charge in [0.15, 0.2) is 0 Å². The minimum Gasteiger partial charge on any atom is -0.496 e. The number of methoxy groups -OCH3 is 1. The van der Waals surface area contributed by atoms with Crippen LogP contribution in [0.25, 0.3) is 0 Å². The quantitative estimate of drug-likeness (QED) is 0.876. The van der Waals surface area contributed by atoms with Crippen LogP contribution in [0.3, 0.4) is 0 Å². The molecule has 0 aliphatic carbocycles. The van der Waals surface area contributed by atoms with E-state index < -0.39 is 0 Å². The minimum absolute atomic E-state index is 0.206. The maximum absolute atomic E-state index is 6.10. The number of hydrogen-bond donors (Lipinski definition) is 1. The number of ether oxygens (including phenoxy) is 1. The molecule has 0 radical (unpaired) electrons. The van der Waals surface area contributed by atoms with Crippen molar-refractivity contribution in [2.45, 2.75) is 18.9 Å². The van der Waals surface area contributed by atoms with Gasteiger partial charge in [0.25, 0.3) is 0 Å². The molecule has 0 heterocycles. The summed E-state index contributed by atoms with van der Waals surface area (Å²) in [4.78, 5) is 2.16. The number of rotatable bonds is 6. The van der Waals surface area contributed by atoms with Crippen LogP contribution in [0.2, 0.25) is 0 Å². The third kappa shape index (κ3) is 5.06. The summed E-state index contributed by atoms with van der Waals surface area (Å²) in [7, 11) is 5.80. The zero-order valence-electron chi connectivity index (χ0n) is 10.7. The lowest BCUT2D eigenvalue weighted by Crippen LogP contribution is -2.28. The smallest absolute Gasteiger partial charge is 0.133 e.